The van der Waals surface area contributed by atoms with Crippen LogP contribution < -0.4 is 4.74 Å². The molecular formula is C18H24N2O3. The molecule has 2 atom stereocenters. The van der Waals surface area contributed by atoms with Gasteiger partial charge in [-0.2, -0.15) is 5.26 Å². The minimum Gasteiger partial charge on any atom is -0.485 e. The van der Waals surface area contributed by atoms with E-state index >= 15 is 0 Å². The summed E-state index contributed by atoms with van der Waals surface area (Å²) in [5, 5.41) is 19.8. The zero-order chi connectivity index (χ0) is 17.2. The molecule has 0 aliphatic carbocycles. The first kappa shape index (κ1) is 17.3. The van der Waals surface area contributed by atoms with Crippen molar-refractivity contribution in [1.82, 2.24) is 4.90 Å². The lowest BCUT2D eigenvalue weighted by Crippen LogP contribution is -2.53. The van der Waals surface area contributed by atoms with Crippen LogP contribution in [0.15, 0.2) is 18.2 Å². The average Bonchev–Trinajstić information content (AvgIpc) is 2.96. The smallest absolute Gasteiger partial charge is 0.223 e. The summed E-state index contributed by atoms with van der Waals surface area (Å²) in [6.07, 6.45) is 0.481. The third-order valence-electron chi connectivity index (χ3n) is 4.29. The lowest BCUT2D eigenvalue weighted by molar-refractivity contribution is -0.139. The molecule has 2 heterocycles. The number of hydrogen-bond acceptors (Lipinski definition) is 4. The van der Waals surface area contributed by atoms with Crippen molar-refractivity contribution >= 4 is 5.91 Å². The van der Waals surface area contributed by atoms with Crippen molar-refractivity contribution in [3.05, 3.63) is 29.3 Å². The van der Waals surface area contributed by atoms with Crippen molar-refractivity contribution in [2.24, 2.45) is 0 Å². The number of likely N-dealkylation sites (tertiary alicyclic amines) is 1. The first-order valence-electron chi connectivity index (χ1n) is 8.14. The van der Waals surface area contributed by atoms with Gasteiger partial charge >= 0.3 is 0 Å². The molecule has 1 aromatic rings. The van der Waals surface area contributed by atoms with Crippen molar-refractivity contribution in [2.75, 3.05) is 6.54 Å². The van der Waals surface area contributed by atoms with Gasteiger partial charge in [-0.1, -0.05) is 13.8 Å². The Morgan fingerprint density at radius 2 is 2.09 bits per heavy atom. The van der Waals surface area contributed by atoms with Crippen molar-refractivity contribution in [3.8, 4) is 11.8 Å². The lowest BCUT2D eigenvalue weighted by Gasteiger charge is -2.45. The highest BCUT2D eigenvalue weighted by Crippen LogP contribution is 2.44. The Morgan fingerprint density at radius 1 is 1.39 bits per heavy atom. The Kier molecular flexibility index (Phi) is 4.96. The molecule has 1 aromatic carbocycles. The van der Waals surface area contributed by atoms with E-state index < -0.39 is 17.7 Å². The van der Waals surface area contributed by atoms with E-state index in [0.717, 1.165) is 12.0 Å². The summed E-state index contributed by atoms with van der Waals surface area (Å²) in [4.78, 5) is 13.8. The third kappa shape index (κ3) is 3.04. The highest BCUT2D eigenvalue weighted by atomic mass is 16.5. The molecule has 1 amide bonds. The second-order valence-corrected chi connectivity index (χ2v) is 6.15. The maximum Gasteiger partial charge on any atom is 0.223 e. The van der Waals surface area contributed by atoms with Crippen LogP contribution in [-0.2, 0) is 4.79 Å². The third-order valence-corrected chi connectivity index (χ3v) is 4.29. The number of hydrogen-bond donors (Lipinski definition) is 1. The Bertz CT molecular complexity index is 634. The number of aliphatic hydroxyl groups is 1. The van der Waals surface area contributed by atoms with E-state index in [4.69, 9.17) is 10.00 Å². The lowest BCUT2D eigenvalue weighted by atomic mass is 9.85. The molecule has 124 valence electrons. The maximum atomic E-state index is 12.1. The molecule has 2 aliphatic rings. The standard InChI is InChI=1S/C16H18N2O3.C2H6/c1-16(2)15(20)14(18-7-3-4-13(18)19)11-8-10(9-17)5-6-12(11)21-16;1-2/h5-6,8,14-15,20H,3-4,7H2,1-2H3;1-2H3. The summed E-state index contributed by atoms with van der Waals surface area (Å²) >= 11 is 0. The SMILES string of the molecule is CC.CC1(C)Oc2ccc(C#N)cc2C(N2CCCC2=O)C1O. The van der Waals surface area contributed by atoms with Crippen LogP contribution in [0, 0.1) is 11.3 Å². The predicted octanol–water partition coefficient (Wildman–Crippen LogP) is 2.78. The molecule has 0 radical (unpaired) electrons. The fourth-order valence-corrected chi connectivity index (χ4v) is 3.14. The number of nitriles is 1. The van der Waals surface area contributed by atoms with Gasteiger partial charge in [-0.3, -0.25) is 4.79 Å². The van der Waals surface area contributed by atoms with E-state index in [-0.39, 0.29) is 5.91 Å². The van der Waals surface area contributed by atoms with E-state index in [1.54, 1.807) is 23.1 Å². The molecule has 2 unspecified atom stereocenters. The van der Waals surface area contributed by atoms with Crippen molar-refractivity contribution in [2.45, 2.75) is 58.3 Å². The van der Waals surface area contributed by atoms with Gasteiger partial charge in [-0.15, -0.1) is 0 Å². The van der Waals surface area contributed by atoms with Crippen LogP contribution >= 0.6 is 0 Å². The summed E-state index contributed by atoms with van der Waals surface area (Å²) in [6, 6.07) is 6.79. The number of aliphatic hydroxyl groups excluding tert-OH is 1. The second-order valence-electron chi connectivity index (χ2n) is 6.15. The molecule has 0 aromatic heterocycles. The molecule has 1 fully saturated rings. The monoisotopic (exact) mass is 316 g/mol. The van der Waals surface area contributed by atoms with Gasteiger partial charge in [0, 0.05) is 18.5 Å². The molecule has 5 nitrogen and oxygen atoms in total. The zero-order valence-corrected chi connectivity index (χ0v) is 14.2. The molecule has 0 saturated carbocycles. The number of nitrogens with zero attached hydrogens (tertiary/aromatic N) is 2. The summed E-state index contributed by atoms with van der Waals surface area (Å²) in [5.41, 5.74) is 0.436. The van der Waals surface area contributed by atoms with Crippen LogP contribution in [0.2, 0.25) is 0 Å². The molecule has 0 bridgehead atoms. The first-order valence-corrected chi connectivity index (χ1v) is 8.14. The Hall–Kier alpha value is -2.06. The molecule has 1 N–H and O–H groups in total. The van der Waals surface area contributed by atoms with Crippen molar-refractivity contribution < 1.29 is 14.6 Å². The van der Waals surface area contributed by atoms with Gasteiger partial charge < -0.3 is 14.7 Å². The topological polar surface area (TPSA) is 73.6 Å². The maximum absolute atomic E-state index is 12.1. The number of carbonyl (C=O) groups excluding carboxylic acids is 1. The minimum absolute atomic E-state index is 0.0464. The van der Waals surface area contributed by atoms with Gasteiger partial charge in [0.2, 0.25) is 5.91 Å². The van der Waals surface area contributed by atoms with E-state index in [2.05, 4.69) is 6.07 Å². The van der Waals surface area contributed by atoms with Crippen LogP contribution in [0.25, 0.3) is 0 Å². The molecule has 3 rings (SSSR count). The van der Waals surface area contributed by atoms with Gasteiger partial charge in [-0.05, 0) is 38.5 Å². The van der Waals surface area contributed by atoms with E-state index in [9.17, 15) is 9.90 Å². The normalized spacial score (nSPS) is 24.9. The van der Waals surface area contributed by atoms with E-state index in [0.29, 0.717) is 24.3 Å². The van der Waals surface area contributed by atoms with Crippen LogP contribution in [0.4, 0.5) is 0 Å². The molecule has 0 spiro atoms. The number of carbonyl (C=O) groups is 1. The largest absolute Gasteiger partial charge is 0.485 e. The minimum atomic E-state index is -0.832. The van der Waals surface area contributed by atoms with Gasteiger partial charge in [-0.25, -0.2) is 0 Å². The van der Waals surface area contributed by atoms with Crippen LogP contribution in [0.1, 0.15) is 57.7 Å². The fourth-order valence-electron chi connectivity index (χ4n) is 3.14. The molecule has 1 saturated heterocycles. The Balaban J connectivity index is 0.000000924. The Labute approximate surface area is 137 Å². The summed E-state index contributed by atoms with van der Waals surface area (Å²) in [5.74, 6) is 0.680. The van der Waals surface area contributed by atoms with Gasteiger partial charge in [0.15, 0.2) is 0 Å². The van der Waals surface area contributed by atoms with E-state index in [1.165, 1.54) is 0 Å². The van der Waals surface area contributed by atoms with Gasteiger partial charge in [0.25, 0.3) is 0 Å². The second kappa shape index (κ2) is 6.59. The predicted molar refractivity (Wildman–Crippen MR) is 86.9 cm³/mol. The van der Waals surface area contributed by atoms with Crippen molar-refractivity contribution in [1.29, 1.82) is 5.26 Å². The molecule has 5 heteroatoms. The fraction of sp³-hybridized carbons (Fsp3) is 0.556. The number of rotatable bonds is 1. The zero-order valence-electron chi connectivity index (χ0n) is 14.2. The van der Waals surface area contributed by atoms with Gasteiger partial charge in [0.1, 0.15) is 17.5 Å². The number of ether oxygens (including phenoxy) is 1. The number of fused-ring (bicyclic) bond motifs is 1. The highest BCUT2D eigenvalue weighted by Gasteiger charge is 2.47. The quantitative estimate of drug-likeness (QED) is 0.864. The van der Waals surface area contributed by atoms with Crippen LogP contribution in [0.5, 0.6) is 5.75 Å². The average molecular weight is 316 g/mol. The highest BCUT2D eigenvalue weighted by molar-refractivity contribution is 5.79. The van der Waals surface area contributed by atoms with Crippen molar-refractivity contribution in [3.63, 3.8) is 0 Å². The summed E-state index contributed by atoms with van der Waals surface area (Å²) in [6.45, 7) is 8.26. The number of amides is 1. The number of benzene rings is 1. The van der Waals surface area contributed by atoms with Crippen LogP contribution in [0.3, 0.4) is 0 Å². The molecule has 23 heavy (non-hydrogen) atoms. The molecular weight excluding hydrogens is 292 g/mol. The van der Waals surface area contributed by atoms with Crippen LogP contribution in [-0.4, -0.2) is 34.2 Å². The van der Waals surface area contributed by atoms with E-state index in [1.807, 2.05) is 27.7 Å². The first-order chi connectivity index (χ1) is 10.9. The molecule has 2 aliphatic heterocycles. The summed E-state index contributed by atoms with van der Waals surface area (Å²) < 4.78 is 5.86. The Morgan fingerprint density at radius 3 is 2.65 bits per heavy atom. The van der Waals surface area contributed by atoms with Gasteiger partial charge in [0.05, 0.1) is 17.7 Å². The summed E-state index contributed by atoms with van der Waals surface area (Å²) in [7, 11) is 0.